The minimum absolute atomic E-state index is 0.0338. The van der Waals surface area contributed by atoms with E-state index in [4.69, 9.17) is 4.74 Å². The predicted octanol–water partition coefficient (Wildman–Crippen LogP) is 2.32. The molecule has 3 rings (SSSR count). The van der Waals surface area contributed by atoms with Crippen molar-refractivity contribution in [3.05, 3.63) is 59.4 Å². The van der Waals surface area contributed by atoms with Crippen molar-refractivity contribution in [2.75, 3.05) is 24.6 Å². The summed E-state index contributed by atoms with van der Waals surface area (Å²) in [7, 11) is 0. The van der Waals surface area contributed by atoms with E-state index in [-0.39, 0.29) is 43.5 Å². The number of halogens is 3. The van der Waals surface area contributed by atoms with E-state index in [1.54, 1.807) is 13.0 Å². The van der Waals surface area contributed by atoms with Gasteiger partial charge in [-0.3, -0.25) is 9.59 Å². The van der Waals surface area contributed by atoms with Gasteiger partial charge in [-0.05, 0) is 36.8 Å². The maximum Gasteiger partial charge on any atom is 0.227 e. The van der Waals surface area contributed by atoms with Crippen molar-refractivity contribution in [1.29, 1.82) is 0 Å². The average molecular weight is 422 g/mol. The fraction of sp³-hybridized carbons (Fsp3) is 0.333. The summed E-state index contributed by atoms with van der Waals surface area (Å²) >= 11 is 0. The Kier molecular flexibility index (Phi) is 6.61. The van der Waals surface area contributed by atoms with Gasteiger partial charge in [0.05, 0.1) is 11.6 Å². The van der Waals surface area contributed by atoms with Crippen LogP contribution in [-0.4, -0.2) is 42.7 Å². The van der Waals surface area contributed by atoms with Gasteiger partial charge in [-0.25, -0.2) is 13.2 Å². The molecule has 9 heteroatoms. The lowest BCUT2D eigenvalue weighted by Gasteiger charge is -2.18. The van der Waals surface area contributed by atoms with E-state index in [0.717, 1.165) is 17.7 Å². The van der Waals surface area contributed by atoms with Crippen LogP contribution in [0.3, 0.4) is 0 Å². The van der Waals surface area contributed by atoms with Gasteiger partial charge < -0.3 is 20.1 Å². The minimum atomic E-state index is -1.11. The Bertz CT molecular complexity index is 954. The summed E-state index contributed by atoms with van der Waals surface area (Å²) < 4.78 is 45.3. The van der Waals surface area contributed by atoms with Gasteiger partial charge >= 0.3 is 0 Å². The quantitative estimate of drug-likeness (QED) is 0.718. The van der Waals surface area contributed by atoms with E-state index in [1.807, 2.05) is 0 Å². The highest BCUT2D eigenvalue weighted by Gasteiger charge is 2.36. The number of hydrogen-bond acceptors (Lipinski definition) is 4. The molecule has 0 spiro atoms. The first-order valence-corrected chi connectivity index (χ1v) is 9.34. The van der Waals surface area contributed by atoms with Crippen molar-refractivity contribution in [1.82, 2.24) is 5.32 Å². The number of ether oxygens (including phenoxy) is 1. The molecule has 1 heterocycles. The van der Waals surface area contributed by atoms with Gasteiger partial charge in [0.25, 0.3) is 0 Å². The normalized spacial score (nSPS) is 17.2. The van der Waals surface area contributed by atoms with Crippen molar-refractivity contribution >= 4 is 17.5 Å². The molecule has 0 aromatic heterocycles. The molecule has 2 N–H and O–H groups in total. The summed E-state index contributed by atoms with van der Waals surface area (Å²) in [5.41, 5.74) is 0.845. The second kappa shape index (κ2) is 9.17. The average Bonchev–Trinajstić information content (AvgIpc) is 3.08. The topological polar surface area (TPSA) is 78.9 Å². The third kappa shape index (κ3) is 5.10. The maximum atomic E-state index is 14.1. The van der Waals surface area contributed by atoms with Crippen LogP contribution in [-0.2, 0) is 9.59 Å². The third-order valence-corrected chi connectivity index (χ3v) is 4.74. The van der Waals surface area contributed by atoms with E-state index < -0.39 is 35.4 Å². The largest absolute Gasteiger partial charge is 0.491 e. The maximum absolute atomic E-state index is 14.1. The summed E-state index contributed by atoms with van der Waals surface area (Å²) in [6.07, 6.45) is -1.18. The van der Waals surface area contributed by atoms with Gasteiger partial charge in [0.1, 0.15) is 24.3 Å². The molecule has 0 bridgehead atoms. The molecule has 2 aromatic rings. The summed E-state index contributed by atoms with van der Waals surface area (Å²) in [6, 6.07) is 7.47. The highest BCUT2D eigenvalue weighted by molar-refractivity contribution is 6.00. The number of nitrogens with zero attached hydrogens (tertiary/aromatic N) is 1. The highest BCUT2D eigenvalue weighted by Crippen LogP contribution is 2.28. The van der Waals surface area contributed by atoms with Gasteiger partial charge in [0.15, 0.2) is 11.6 Å². The standard InChI is InChI=1S/C21H21F3N2O4/c1-12-2-5-19(18(24)6-12)26-10-13(7-20(26)28)21(29)25-9-14(27)11-30-15-3-4-16(22)17(23)8-15/h2-6,8,13-14,27H,7,9-11H2,1H3,(H,25,29). The third-order valence-electron chi connectivity index (χ3n) is 4.74. The molecule has 1 saturated heterocycles. The Morgan fingerprint density at radius 2 is 1.97 bits per heavy atom. The molecule has 2 aromatic carbocycles. The predicted molar refractivity (Wildman–Crippen MR) is 102 cm³/mol. The zero-order chi connectivity index (χ0) is 21.8. The van der Waals surface area contributed by atoms with Crippen LogP contribution < -0.4 is 15.0 Å². The smallest absolute Gasteiger partial charge is 0.227 e. The first kappa shape index (κ1) is 21.6. The Hall–Kier alpha value is -3.07. The second-order valence-electron chi connectivity index (χ2n) is 7.15. The lowest BCUT2D eigenvalue weighted by atomic mass is 10.1. The van der Waals surface area contributed by atoms with E-state index >= 15 is 0 Å². The molecule has 0 aliphatic carbocycles. The second-order valence-corrected chi connectivity index (χ2v) is 7.15. The molecule has 1 fully saturated rings. The van der Waals surface area contributed by atoms with Crippen molar-refractivity contribution in [2.45, 2.75) is 19.4 Å². The number of carbonyl (C=O) groups excluding carboxylic acids is 2. The lowest BCUT2D eigenvalue weighted by Crippen LogP contribution is -2.39. The van der Waals surface area contributed by atoms with Gasteiger partial charge in [-0.2, -0.15) is 0 Å². The molecule has 1 aliphatic rings. The van der Waals surface area contributed by atoms with E-state index in [1.165, 1.54) is 23.1 Å². The Labute approximate surface area is 171 Å². The molecule has 160 valence electrons. The molecule has 0 radical (unpaired) electrons. The van der Waals surface area contributed by atoms with Crippen LogP contribution in [0.25, 0.3) is 0 Å². The van der Waals surface area contributed by atoms with Crippen LogP contribution in [0.1, 0.15) is 12.0 Å². The molecule has 6 nitrogen and oxygen atoms in total. The summed E-state index contributed by atoms with van der Waals surface area (Å²) in [6.45, 7) is 1.35. The van der Waals surface area contributed by atoms with Crippen LogP contribution in [0.5, 0.6) is 5.75 Å². The van der Waals surface area contributed by atoms with Gasteiger partial charge in [0.2, 0.25) is 11.8 Å². The monoisotopic (exact) mass is 422 g/mol. The Morgan fingerprint density at radius 1 is 1.20 bits per heavy atom. The number of aliphatic hydroxyl groups is 1. The number of aliphatic hydroxyl groups excluding tert-OH is 1. The van der Waals surface area contributed by atoms with Crippen molar-refractivity contribution in [2.24, 2.45) is 5.92 Å². The van der Waals surface area contributed by atoms with Crippen LogP contribution in [0.2, 0.25) is 0 Å². The first-order valence-electron chi connectivity index (χ1n) is 9.34. The zero-order valence-electron chi connectivity index (χ0n) is 16.2. The first-order chi connectivity index (χ1) is 14.2. The summed E-state index contributed by atoms with van der Waals surface area (Å²) in [4.78, 5) is 25.8. The molecular formula is C21H21F3N2O4. The van der Waals surface area contributed by atoms with E-state index in [0.29, 0.717) is 0 Å². The number of amides is 2. The number of benzene rings is 2. The highest BCUT2D eigenvalue weighted by atomic mass is 19.2. The molecule has 1 aliphatic heterocycles. The van der Waals surface area contributed by atoms with Crippen LogP contribution in [0, 0.1) is 30.3 Å². The van der Waals surface area contributed by atoms with Crippen LogP contribution in [0.15, 0.2) is 36.4 Å². The summed E-state index contributed by atoms with van der Waals surface area (Å²) in [5, 5.41) is 12.5. The molecule has 0 saturated carbocycles. The number of carbonyl (C=O) groups is 2. The molecular weight excluding hydrogens is 401 g/mol. The lowest BCUT2D eigenvalue weighted by molar-refractivity contribution is -0.126. The molecule has 2 atom stereocenters. The van der Waals surface area contributed by atoms with Crippen LogP contribution in [0.4, 0.5) is 18.9 Å². The number of hydrogen-bond donors (Lipinski definition) is 2. The fourth-order valence-corrected chi connectivity index (χ4v) is 3.13. The minimum Gasteiger partial charge on any atom is -0.491 e. The zero-order valence-corrected chi connectivity index (χ0v) is 16.2. The SMILES string of the molecule is Cc1ccc(N2CC(C(=O)NCC(O)COc3ccc(F)c(F)c3)CC2=O)c(F)c1. The molecule has 2 amide bonds. The van der Waals surface area contributed by atoms with Crippen molar-refractivity contribution in [3.8, 4) is 5.75 Å². The van der Waals surface area contributed by atoms with E-state index in [2.05, 4.69) is 5.32 Å². The number of aryl methyl sites for hydroxylation is 1. The van der Waals surface area contributed by atoms with E-state index in [9.17, 15) is 27.9 Å². The van der Waals surface area contributed by atoms with Gasteiger partial charge in [-0.15, -0.1) is 0 Å². The molecule has 2 unspecified atom stereocenters. The molecule has 30 heavy (non-hydrogen) atoms. The van der Waals surface area contributed by atoms with Crippen LogP contribution >= 0.6 is 0 Å². The van der Waals surface area contributed by atoms with Crippen molar-refractivity contribution < 1.29 is 32.6 Å². The Morgan fingerprint density at radius 3 is 2.67 bits per heavy atom. The Balaban J connectivity index is 1.48. The fourth-order valence-electron chi connectivity index (χ4n) is 3.13. The number of nitrogens with one attached hydrogen (secondary N) is 1. The number of rotatable bonds is 7. The summed E-state index contributed by atoms with van der Waals surface area (Å²) in [5.74, 6) is -4.08. The van der Waals surface area contributed by atoms with Crippen molar-refractivity contribution in [3.63, 3.8) is 0 Å². The number of anilines is 1. The van der Waals surface area contributed by atoms with Gasteiger partial charge in [0, 0.05) is 25.6 Å². The van der Waals surface area contributed by atoms with Gasteiger partial charge in [-0.1, -0.05) is 6.07 Å².